The van der Waals surface area contributed by atoms with Gasteiger partial charge in [-0.05, 0) is 30.3 Å². The molecule has 0 fully saturated rings. The maximum atomic E-state index is 11.9. The van der Waals surface area contributed by atoms with Crippen LogP contribution in [0, 0.1) is 12.3 Å². The molecule has 0 aliphatic heterocycles. The third-order valence-electron chi connectivity index (χ3n) is 2.36. The van der Waals surface area contributed by atoms with Crippen LogP contribution in [0.4, 0.5) is 5.69 Å². The Bertz CT molecular complexity index is 683. The van der Waals surface area contributed by atoms with Crippen LogP contribution in [0.25, 0.3) is 0 Å². The van der Waals surface area contributed by atoms with E-state index in [1.54, 1.807) is 30.3 Å². The van der Waals surface area contributed by atoms with Gasteiger partial charge >= 0.3 is 0 Å². The Labute approximate surface area is 114 Å². The van der Waals surface area contributed by atoms with Crippen molar-refractivity contribution in [3.8, 4) is 12.3 Å². The van der Waals surface area contributed by atoms with E-state index in [0.717, 1.165) is 11.3 Å². The summed E-state index contributed by atoms with van der Waals surface area (Å²) in [4.78, 5) is 23.7. The minimum Gasteiger partial charge on any atom is -0.365 e. The molecule has 5 heteroatoms. The van der Waals surface area contributed by atoms with Gasteiger partial charge in [-0.25, -0.2) is 0 Å². The van der Waals surface area contributed by atoms with Crippen molar-refractivity contribution in [2.24, 2.45) is 5.73 Å². The van der Waals surface area contributed by atoms with Crippen molar-refractivity contribution in [1.29, 1.82) is 0 Å². The van der Waals surface area contributed by atoms with Crippen LogP contribution in [0.2, 0.25) is 0 Å². The molecule has 0 aliphatic rings. The molecule has 0 spiro atoms. The number of hydrogen-bond donors (Lipinski definition) is 2. The number of terminal acetylenes is 1. The van der Waals surface area contributed by atoms with Crippen molar-refractivity contribution in [3.05, 3.63) is 51.7 Å². The number of nitrogens with one attached hydrogen (secondary N) is 1. The first-order valence-electron chi connectivity index (χ1n) is 5.38. The topological polar surface area (TPSA) is 72.2 Å². The van der Waals surface area contributed by atoms with E-state index in [-0.39, 0.29) is 5.91 Å². The molecule has 1 aromatic heterocycles. The van der Waals surface area contributed by atoms with Gasteiger partial charge in [-0.3, -0.25) is 9.59 Å². The van der Waals surface area contributed by atoms with E-state index in [1.165, 1.54) is 6.07 Å². The first-order valence-corrected chi connectivity index (χ1v) is 6.19. The molecular weight excluding hydrogens is 260 g/mol. The summed E-state index contributed by atoms with van der Waals surface area (Å²) in [6.07, 6.45) is 5.29. The van der Waals surface area contributed by atoms with E-state index in [1.807, 2.05) is 0 Å². The predicted octanol–water partition coefficient (Wildman–Crippen LogP) is 2.08. The molecule has 19 heavy (non-hydrogen) atoms. The van der Waals surface area contributed by atoms with Gasteiger partial charge in [0.1, 0.15) is 0 Å². The molecule has 2 aromatic rings. The maximum Gasteiger partial charge on any atom is 0.265 e. The number of rotatable bonds is 3. The number of hydrogen-bond acceptors (Lipinski definition) is 3. The lowest BCUT2D eigenvalue weighted by Gasteiger charge is -2.03. The monoisotopic (exact) mass is 270 g/mol. The van der Waals surface area contributed by atoms with Crippen LogP contribution < -0.4 is 11.1 Å². The van der Waals surface area contributed by atoms with Gasteiger partial charge in [-0.2, -0.15) is 0 Å². The molecule has 94 valence electrons. The minimum absolute atomic E-state index is 0.299. The Kier molecular flexibility index (Phi) is 3.64. The standard InChI is InChI=1S/C14H10N2O2S/c1-2-9-4-3-5-10(8-9)16-14(18)12-7-6-11(19-12)13(15)17/h1,3-8H,(H2,15,17)(H,16,18). The molecule has 0 saturated heterocycles. The van der Waals surface area contributed by atoms with Crippen LogP contribution in [0.5, 0.6) is 0 Å². The van der Waals surface area contributed by atoms with Crippen LogP contribution in [0.1, 0.15) is 24.9 Å². The fraction of sp³-hybridized carbons (Fsp3) is 0. The van der Waals surface area contributed by atoms with Gasteiger partial charge in [0.15, 0.2) is 0 Å². The highest BCUT2D eigenvalue weighted by Gasteiger charge is 2.12. The van der Waals surface area contributed by atoms with Crippen molar-refractivity contribution >= 4 is 28.8 Å². The van der Waals surface area contributed by atoms with Crippen molar-refractivity contribution < 1.29 is 9.59 Å². The van der Waals surface area contributed by atoms with Gasteiger partial charge in [0.25, 0.3) is 11.8 Å². The third kappa shape index (κ3) is 3.00. The number of benzene rings is 1. The van der Waals surface area contributed by atoms with Crippen molar-refractivity contribution in [1.82, 2.24) is 0 Å². The quantitative estimate of drug-likeness (QED) is 0.838. The van der Waals surface area contributed by atoms with E-state index < -0.39 is 5.91 Å². The summed E-state index contributed by atoms with van der Waals surface area (Å²) < 4.78 is 0. The summed E-state index contributed by atoms with van der Waals surface area (Å²) in [5.74, 6) is 1.65. The number of carbonyl (C=O) groups excluding carboxylic acids is 2. The first kappa shape index (κ1) is 12.9. The van der Waals surface area contributed by atoms with Crippen LogP contribution >= 0.6 is 11.3 Å². The van der Waals surface area contributed by atoms with Crippen molar-refractivity contribution in [2.75, 3.05) is 5.32 Å². The van der Waals surface area contributed by atoms with Crippen molar-refractivity contribution in [2.45, 2.75) is 0 Å². The van der Waals surface area contributed by atoms with Crippen molar-refractivity contribution in [3.63, 3.8) is 0 Å². The maximum absolute atomic E-state index is 11.9. The average molecular weight is 270 g/mol. The Balaban J connectivity index is 2.16. The Morgan fingerprint density at radius 1 is 1.21 bits per heavy atom. The fourth-order valence-corrected chi connectivity index (χ4v) is 2.23. The van der Waals surface area contributed by atoms with Crippen LogP contribution in [0.3, 0.4) is 0 Å². The summed E-state index contributed by atoms with van der Waals surface area (Å²) in [6, 6.07) is 10.0. The molecule has 0 saturated carbocycles. The Hall–Kier alpha value is -2.58. The second kappa shape index (κ2) is 5.38. The Morgan fingerprint density at radius 3 is 2.58 bits per heavy atom. The molecule has 0 unspecified atom stereocenters. The fourth-order valence-electron chi connectivity index (χ4n) is 1.47. The highest BCUT2D eigenvalue weighted by atomic mass is 32.1. The molecule has 0 aliphatic carbocycles. The van der Waals surface area contributed by atoms with Gasteiger partial charge in [0.2, 0.25) is 0 Å². The summed E-state index contributed by atoms with van der Waals surface area (Å²) in [5.41, 5.74) is 6.42. The minimum atomic E-state index is -0.543. The number of anilines is 1. The largest absolute Gasteiger partial charge is 0.365 e. The molecule has 0 atom stereocenters. The van der Waals surface area contributed by atoms with Gasteiger partial charge in [0, 0.05) is 11.3 Å². The zero-order chi connectivity index (χ0) is 13.8. The number of thiophene rings is 1. The molecule has 0 radical (unpaired) electrons. The third-order valence-corrected chi connectivity index (χ3v) is 3.46. The van der Waals surface area contributed by atoms with E-state index in [0.29, 0.717) is 21.0 Å². The molecule has 1 aromatic carbocycles. The zero-order valence-corrected chi connectivity index (χ0v) is 10.7. The smallest absolute Gasteiger partial charge is 0.265 e. The number of amides is 2. The average Bonchev–Trinajstić information content (AvgIpc) is 2.89. The molecule has 4 nitrogen and oxygen atoms in total. The van der Waals surface area contributed by atoms with E-state index in [4.69, 9.17) is 12.2 Å². The zero-order valence-electron chi connectivity index (χ0n) is 9.84. The Morgan fingerprint density at radius 2 is 1.95 bits per heavy atom. The summed E-state index contributed by atoms with van der Waals surface area (Å²) >= 11 is 1.05. The van der Waals surface area contributed by atoms with Crippen LogP contribution in [-0.4, -0.2) is 11.8 Å². The molecular formula is C14H10N2O2S. The number of nitrogens with two attached hydrogens (primary N) is 1. The lowest BCUT2D eigenvalue weighted by Crippen LogP contribution is -2.10. The lowest BCUT2D eigenvalue weighted by molar-refractivity contribution is 0.100. The lowest BCUT2D eigenvalue weighted by atomic mass is 10.2. The highest BCUT2D eigenvalue weighted by Crippen LogP contribution is 2.18. The van der Waals surface area contributed by atoms with Crippen LogP contribution in [0.15, 0.2) is 36.4 Å². The summed E-state index contributed by atoms with van der Waals surface area (Å²) in [6.45, 7) is 0. The second-order valence-electron chi connectivity index (χ2n) is 3.71. The molecule has 3 N–H and O–H groups in total. The summed E-state index contributed by atoms with van der Waals surface area (Å²) in [7, 11) is 0. The predicted molar refractivity (Wildman–Crippen MR) is 75.2 cm³/mol. The first-order chi connectivity index (χ1) is 9.10. The molecule has 2 rings (SSSR count). The summed E-state index contributed by atoms with van der Waals surface area (Å²) in [5, 5.41) is 2.71. The van der Waals surface area contributed by atoms with E-state index >= 15 is 0 Å². The molecule has 0 bridgehead atoms. The SMILES string of the molecule is C#Cc1cccc(NC(=O)c2ccc(C(N)=O)s2)c1. The van der Waals surface area contributed by atoms with Gasteiger partial charge in [-0.1, -0.05) is 12.0 Å². The van der Waals surface area contributed by atoms with Gasteiger partial charge < -0.3 is 11.1 Å². The second-order valence-corrected chi connectivity index (χ2v) is 4.79. The number of carbonyl (C=O) groups is 2. The van der Waals surface area contributed by atoms with Crippen LogP contribution in [-0.2, 0) is 0 Å². The normalized spacial score (nSPS) is 9.63. The highest BCUT2D eigenvalue weighted by molar-refractivity contribution is 7.16. The van der Waals surface area contributed by atoms with Gasteiger partial charge in [0.05, 0.1) is 9.75 Å². The molecule has 1 heterocycles. The molecule has 2 amide bonds. The van der Waals surface area contributed by atoms with E-state index in [2.05, 4.69) is 11.2 Å². The van der Waals surface area contributed by atoms with Gasteiger partial charge in [-0.15, -0.1) is 17.8 Å². The number of primary amides is 1. The van der Waals surface area contributed by atoms with E-state index in [9.17, 15) is 9.59 Å².